The summed E-state index contributed by atoms with van der Waals surface area (Å²) in [6.07, 6.45) is 0. The Balaban J connectivity index is 2.40. The molecular weight excluding hydrogens is 172 g/mol. The van der Waals surface area contributed by atoms with Crippen molar-refractivity contribution in [1.29, 1.82) is 0 Å². The van der Waals surface area contributed by atoms with Crippen LogP contribution in [0.4, 0.5) is 0 Å². The highest BCUT2D eigenvalue weighted by molar-refractivity contribution is 6.38. The van der Waals surface area contributed by atoms with Gasteiger partial charge in [0.1, 0.15) is 0 Å². The first-order chi connectivity index (χ1) is 6.09. The largest absolute Gasteiger partial charge is 0.460 e. The fourth-order valence-corrected chi connectivity index (χ4v) is 0.792. The molecule has 1 rings (SSSR count). The predicted octanol–water partition coefficient (Wildman–Crippen LogP) is -0.286. The van der Waals surface area contributed by atoms with Crippen LogP contribution in [0.2, 0.25) is 0 Å². The summed E-state index contributed by atoms with van der Waals surface area (Å²) in [4.78, 5) is 25.2. The SMILES string of the molecule is CC(C)COC(=O)C1=NC(=O)CN1. The molecule has 13 heavy (non-hydrogen) atoms. The number of hydrogen-bond acceptors (Lipinski definition) is 4. The first-order valence-electron chi connectivity index (χ1n) is 4.12. The number of amides is 1. The molecule has 1 heterocycles. The molecule has 0 saturated heterocycles. The first kappa shape index (κ1) is 9.70. The number of nitrogens with zero attached hydrogens (tertiary/aromatic N) is 1. The van der Waals surface area contributed by atoms with Gasteiger partial charge in [-0.3, -0.25) is 4.79 Å². The number of aliphatic imine (C=N–C) groups is 1. The summed E-state index contributed by atoms with van der Waals surface area (Å²) in [5.41, 5.74) is 0. The Morgan fingerprint density at radius 1 is 1.69 bits per heavy atom. The quantitative estimate of drug-likeness (QED) is 0.612. The van der Waals surface area contributed by atoms with Crippen LogP contribution in [0.1, 0.15) is 13.8 Å². The summed E-state index contributed by atoms with van der Waals surface area (Å²) >= 11 is 0. The lowest BCUT2D eigenvalue weighted by atomic mass is 10.2. The van der Waals surface area contributed by atoms with Crippen molar-refractivity contribution in [2.45, 2.75) is 13.8 Å². The molecule has 0 aromatic heterocycles. The summed E-state index contributed by atoms with van der Waals surface area (Å²) in [6, 6.07) is 0. The number of nitrogens with one attached hydrogen (secondary N) is 1. The summed E-state index contributed by atoms with van der Waals surface area (Å²) in [6.45, 7) is 4.30. The van der Waals surface area contributed by atoms with Crippen molar-refractivity contribution in [2.24, 2.45) is 10.9 Å². The number of ether oxygens (including phenoxy) is 1. The van der Waals surface area contributed by atoms with Crippen molar-refractivity contribution in [3.05, 3.63) is 0 Å². The minimum atomic E-state index is -0.556. The Morgan fingerprint density at radius 2 is 2.38 bits per heavy atom. The van der Waals surface area contributed by atoms with Crippen LogP contribution in [0.15, 0.2) is 4.99 Å². The van der Waals surface area contributed by atoms with Gasteiger partial charge in [0.2, 0.25) is 5.84 Å². The topological polar surface area (TPSA) is 67.8 Å². The fourth-order valence-electron chi connectivity index (χ4n) is 0.792. The summed E-state index contributed by atoms with van der Waals surface area (Å²) in [5, 5.41) is 2.56. The third kappa shape index (κ3) is 2.85. The third-order valence-corrected chi connectivity index (χ3v) is 1.38. The van der Waals surface area contributed by atoms with Gasteiger partial charge in [0.25, 0.3) is 5.91 Å². The first-order valence-corrected chi connectivity index (χ1v) is 4.12. The minimum Gasteiger partial charge on any atom is -0.460 e. The molecule has 5 heteroatoms. The van der Waals surface area contributed by atoms with E-state index in [1.807, 2.05) is 13.8 Å². The lowest BCUT2D eigenvalue weighted by Crippen LogP contribution is -2.30. The molecule has 0 unspecified atom stereocenters. The Labute approximate surface area is 76.2 Å². The van der Waals surface area contributed by atoms with Crippen LogP contribution >= 0.6 is 0 Å². The van der Waals surface area contributed by atoms with Gasteiger partial charge in [-0.05, 0) is 5.92 Å². The Morgan fingerprint density at radius 3 is 2.85 bits per heavy atom. The summed E-state index contributed by atoms with van der Waals surface area (Å²) in [5.74, 6) is -0.594. The molecule has 72 valence electrons. The normalized spacial score (nSPS) is 15.6. The zero-order valence-corrected chi connectivity index (χ0v) is 7.66. The lowest BCUT2D eigenvalue weighted by Gasteiger charge is -2.06. The van der Waals surface area contributed by atoms with Gasteiger partial charge in [0.05, 0.1) is 13.2 Å². The highest BCUT2D eigenvalue weighted by Gasteiger charge is 2.21. The van der Waals surface area contributed by atoms with Crippen LogP contribution in [0, 0.1) is 5.92 Å². The molecule has 1 N–H and O–H groups in total. The summed E-state index contributed by atoms with van der Waals surface area (Å²) < 4.78 is 4.85. The van der Waals surface area contributed by atoms with Crippen molar-refractivity contribution in [1.82, 2.24) is 5.32 Å². The molecule has 0 aliphatic carbocycles. The molecule has 0 spiro atoms. The molecular formula is C8H12N2O3. The van der Waals surface area contributed by atoms with E-state index in [1.54, 1.807) is 0 Å². The molecule has 0 atom stereocenters. The van der Waals surface area contributed by atoms with E-state index in [4.69, 9.17) is 4.74 Å². The average molecular weight is 184 g/mol. The molecule has 0 saturated carbocycles. The van der Waals surface area contributed by atoms with Crippen molar-refractivity contribution >= 4 is 17.7 Å². The van der Waals surface area contributed by atoms with E-state index in [1.165, 1.54) is 0 Å². The maximum absolute atomic E-state index is 11.1. The van der Waals surface area contributed by atoms with E-state index in [0.29, 0.717) is 6.61 Å². The maximum atomic E-state index is 11.1. The van der Waals surface area contributed by atoms with Crippen molar-refractivity contribution in [3.8, 4) is 0 Å². The number of carbonyl (C=O) groups excluding carboxylic acids is 2. The highest BCUT2D eigenvalue weighted by atomic mass is 16.5. The van der Waals surface area contributed by atoms with Crippen molar-refractivity contribution < 1.29 is 14.3 Å². The number of hydrogen-bond donors (Lipinski definition) is 1. The Bertz CT molecular complexity index is 258. The zero-order chi connectivity index (χ0) is 9.84. The second kappa shape index (κ2) is 4.02. The van der Waals surface area contributed by atoms with Gasteiger partial charge >= 0.3 is 5.97 Å². The van der Waals surface area contributed by atoms with E-state index >= 15 is 0 Å². The Hall–Kier alpha value is -1.39. The van der Waals surface area contributed by atoms with E-state index in [2.05, 4.69) is 10.3 Å². The summed E-state index contributed by atoms with van der Waals surface area (Å²) in [7, 11) is 0. The van der Waals surface area contributed by atoms with E-state index in [-0.39, 0.29) is 24.2 Å². The molecule has 0 radical (unpaired) electrons. The van der Waals surface area contributed by atoms with Gasteiger partial charge in [-0.2, -0.15) is 4.99 Å². The second-order valence-electron chi connectivity index (χ2n) is 3.20. The predicted molar refractivity (Wildman–Crippen MR) is 46.2 cm³/mol. The fraction of sp³-hybridized carbons (Fsp3) is 0.625. The van der Waals surface area contributed by atoms with Crippen molar-refractivity contribution in [2.75, 3.05) is 13.2 Å². The number of esters is 1. The lowest BCUT2D eigenvalue weighted by molar-refractivity contribution is -0.136. The van der Waals surface area contributed by atoms with Crippen LogP contribution in [-0.2, 0) is 14.3 Å². The van der Waals surface area contributed by atoms with Crippen LogP contribution < -0.4 is 5.32 Å². The smallest absolute Gasteiger partial charge is 0.374 e. The monoisotopic (exact) mass is 184 g/mol. The van der Waals surface area contributed by atoms with Crippen molar-refractivity contribution in [3.63, 3.8) is 0 Å². The van der Waals surface area contributed by atoms with Crippen LogP contribution in [0.5, 0.6) is 0 Å². The zero-order valence-electron chi connectivity index (χ0n) is 7.66. The Kier molecular flexibility index (Phi) is 3.00. The van der Waals surface area contributed by atoms with E-state index < -0.39 is 5.97 Å². The third-order valence-electron chi connectivity index (χ3n) is 1.38. The van der Waals surface area contributed by atoms with Gasteiger partial charge in [0, 0.05) is 0 Å². The second-order valence-corrected chi connectivity index (χ2v) is 3.20. The van der Waals surface area contributed by atoms with Crippen LogP contribution in [0.25, 0.3) is 0 Å². The van der Waals surface area contributed by atoms with Gasteiger partial charge in [-0.15, -0.1) is 0 Å². The van der Waals surface area contributed by atoms with E-state index in [0.717, 1.165) is 0 Å². The molecule has 5 nitrogen and oxygen atoms in total. The number of rotatable bonds is 3. The van der Waals surface area contributed by atoms with Gasteiger partial charge in [0.15, 0.2) is 0 Å². The molecule has 0 aromatic rings. The van der Waals surface area contributed by atoms with E-state index in [9.17, 15) is 9.59 Å². The standard InChI is InChI=1S/C8H12N2O3/c1-5(2)4-13-8(12)7-9-3-6(11)10-7/h5H,3-4H2,1-2H3,(H,9,10,11). The maximum Gasteiger partial charge on any atom is 0.374 e. The molecule has 0 fully saturated rings. The molecule has 1 aliphatic rings. The number of carbonyl (C=O) groups is 2. The van der Waals surface area contributed by atoms with Gasteiger partial charge in [-0.25, -0.2) is 4.79 Å². The molecule has 0 aromatic carbocycles. The molecule has 1 amide bonds. The van der Waals surface area contributed by atoms with Crippen LogP contribution in [-0.4, -0.2) is 30.9 Å². The van der Waals surface area contributed by atoms with Crippen LogP contribution in [0.3, 0.4) is 0 Å². The minimum absolute atomic E-state index is 0.0191. The highest BCUT2D eigenvalue weighted by Crippen LogP contribution is 1.96. The molecule has 1 aliphatic heterocycles. The number of amidine groups is 1. The van der Waals surface area contributed by atoms with Gasteiger partial charge in [-0.1, -0.05) is 13.8 Å². The average Bonchev–Trinajstić information content (AvgIpc) is 2.47. The molecule has 0 bridgehead atoms. The van der Waals surface area contributed by atoms with Gasteiger partial charge < -0.3 is 10.1 Å².